The highest BCUT2D eigenvalue weighted by atomic mass is 19.2. The van der Waals surface area contributed by atoms with Gasteiger partial charge in [0.25, 0.3) is 0 Å². The molecular formula is C10H7F2NO. The summed E-state index contributed by atoms with van der Waals surface area (Å²) in [5.41, 5.74) is 0.899. The molecule has 0 aliphatic carbocycles. The minimum Gasteiger partial charge on any atom is -0.341 e. The van der Waals surface area contributed by atoms with Gasteiger partial charge in [-0.3, -0.25) is 4.79 Å². The number of aryl methyl sites for hydroxylation is 1. The fourth-order valence-corrected chi connectivity index (χ4v) is 1.47. The number of carbonyl (C=O) groups is 1. The van der Waals surface area contributed by atoms with Crippen LogP contribution in [0.4, 0.5) is 8.78 Å². The lowest BCUT2D eigenvalue weighted by Crippen LogP contribution is -1.94. The maximum Gasteiger partial charge on any atom is 0.166 e. The molecule has 1 aromatic heterocycles. The van der Waals surface area contributed by atoms with Crippen LogP contribution in [0.5, 0.6) is 0 Å². The average Bonchev–Trinajstić information content (AvgIpc) is 2.45. The van der Waals surface area contributed by atoms with E-state index in [0.29, 0.717) is 22.9 Å². The highest BCUT2D eigenvalue weighted by molar-refractivity contribution is 5.88. The first kappa shape index (κ1) is 8.87. The molecule has 2 aromatic rings. The molecule has 0 saturated heterocycles. The Hall–Kier alpha value is -1.71. The third-order valence-electron chi connectivity index (χ3n) is 2.24. The van der Waals surface area contributed by atoms with Crippen molar-refractivity contribution in [3.05, 3.63) is 35.5 Å². The maximum atomic E-state index is 12.9. The van der Waals surface area contributed by atoms with Crippen molar-refractivity contribution in [2.24, 2.45) is 7.05 Å². The van der Waals surface area contributed by atoms with Gasteiger partial charge in [0.15, 0.2) is 17.9 Å². The first-order valence-corrected chi connectivity index (χ1v) is 4.03. The summed E-state index contributed by atoms with van der Waals surface area (Å²) in [6, 6.07) is 3.68. The molecule has 2 nitrogen and oxygen atoms in total. The molecule has 72 valence electrons. The summed E-state index contributed by atoms with van der Waals surface area (Å²) < 4.78 is 27.2. The van der Waals surface area contributed by atoms with E-state index in [0.717, 1.165) is 12.1 Å². The second-order valence-electron chi connectivity index (χ2n) is 3.07. The van der Waals surface area contributed by atoms with Crippen LogP contribution in [-0.2, 0) is 7.05 Å². The number of fused-ring (bicyclic) bond motifs is 1. The molecule has 0 N–H and O–H groups in total. The van der Waals surface area contributed by atoms with Gasteiger partial charge in [-0.2, -0.15) is 0 Å². The predicted octanol–water partition coefficient (Wildman–Crippen LogP) is 2.27. The predicted molar refractivity (Wildman–Crippen MR) is 48.2 cm³/mol. The Balaban J connectivity index is 2.86. The Morgan fingerprint density at radius 1 is 1.21 bits per heavy atom. The summed E-state index contributed by atoms with van der Waals surface area (Å²) in [6.07, 6.45) is 0.649. The Bertz CT molecular complexity index is 516. The number of nitrogens with zero attached hydrogens (tertiary/aromatic N) is 1. The van der Waals surface area contributed by atoms with Crippen molar-refractivity contribution >= 4 is 17.2 Å². The molecule has 0 amide bonds. The second-order valence-corrected chi connectivity index (χ2v) is 3.07. The molecule has 0 aliphatic rings. The van der Waals surface area contributed by atoms with Crippen molar-refractivity contribution in [3.63, 3.8) is 0 Å². The van der Waals surface area contributed by atoms with E-state index in [2.05, 4.69) is 0 Å². The fraction of sp³-hybridized carbons (Fsp3) is 0.100. The number of benzene rings is 1. The fourth-order valence-electron chi connectivity index (χ4n) is 1.47. The average molecular weight is 195 g/mol. The SMILES string of the molecule is Cn1c(C=O)cc2cc(F)c(F)cc21. The van der Waals surface area contributed by atoms with Crippen molar-refractivity contribution in [3.8, 4) is 0 Å². The summed E-state index contributed by atoms with van der Waals surface area (Å²) >= 11 is 0. The standard InChI is InChI=1S/C10H7F2NO/c1-13-7(5-14)2-6-3-8(11)9(12)4-10(6)13/h2-5H,1H3. The summed E-state index contributed by atoms with van der Waals surface area (Å²) in [5, 5.41) is 0.522. The van der Waals surface area contributed by atoms with Crippen LogP contribution in [0.1, 0.15) is 10.5 Å². The largest absolute Gasteiger partial charge is 0.341 e. The molecule has 0 aliphatic heterocycles. The molecule has 0 fully saturated rings. The minimum absolute atomic E-state index is 0.394. The first-order chi connectivity index (χ1) is 6.63. The van der Waals surface area contributed by atoms with Crippen LogP contribution in [0, 0.1) is 11.6 Å². The molecule has 4 heteroatoms. The number of carbonyl (C=O) groups excluding carboxylic acids is 1. The van der Waals surface area contributed by atoms with Gasteiger partial charge in [0.05, 0.1) is 11.2 Å². The van der Waals surface area contributed by atoms with E-state index in [1.807, 2.05) is 0 Å². The van der Waals surface area contributed by atoms with E-state index in [1.165, 1.54) is 10.6 Å². The van der Waals surface area contributed by atoms with Gasteiger partial charge in [0.2, 0.25) is 0 Å². The lowest BCUT2D eigenvalue weighted by Gasteiger charge is -1.98. The minimum atomic E-state index is -0.906. The smallest absolute Gasteiger partial charge is 0.166 e. The summed E-state index contributed by atoms with van der Waals surface area (Å²) in [7, 11) is 1.63. The van der Waals surface area contributed by atoms with E-state index in [1.54, 1.807) is 7.05 Å². The molecular weight excluding hydrogens is 188 g/mol. The third-order valence-corrected chi connectivity index (χ3v) is 2.24. The number of rotatable bonds is 1. The topological polar surface area (TPSA) is 22.0 Å². The van der Waals surface area contributed by atoms with Crippen LogP contribution in [0.25, 0.3) is 10.9 Å². The molecule has 1 aromatic carbocycles. The lowest BCUT2D eigenvalue weighted by molar-refractivity contribution is 0.111. The summed E-state index contributed by atoms with van der Waals surface area (Å²) in [4.78, 5) is 10.6. The number of halogens is 2. The van der Waals surface area contributed by atoms with E-state index >= 15 is 0 Å². The van der Waals surface area contributed by atoms with Crippen LogP contribution < -0.4 is 0 Å². The Kier molecular flexibility index (Phi) is 1.84. The van der Waals surface area contributed by atoms with Crippen LogP contribution in [0.2, 0.25) is 0 Å². The maximum absolute atomic E-state index is 12.9. The molecule has 0 saturated carbocycles. The molecule has 2 rings (SSSR count). The summed E-state index contributed by atoms with van der Waals surface area (Å²) in [6.45, 7) is 0. The Morgan fingerprint density at radius 3 is 2.50 bits per heavy atom. The van der Waals surface area contributed by atoms with Gasteiger partial charge in [-0.1, -0.05) is 0 Å². The molecule has 0 bridgehead atoms. The Labute approximate surface area is 78.8 Å². The summed E-state index contributed by atoms with van der Waals surface area (Å²) in [5.74, 6) is -1.81. The van der Waals surface area contributed by atoms with Crippen molar-refractivity contribution in [1.29, 1.82) is 0 Å². The van der Waals surface area contributed by atoms with Crippen molar-refractivity contribution in [1.82, 2.24) is 4.57 Å². The highest BCUT2D eigenvalue weighted by Crippen LogP contribution is 2.20. The number of hydrogen-bond donors (Lipinski definition) is 0. The monoisotopic (exact) mass is 195 g/mol. The van der Waals surface area contributed by atoms with Gasteiger partial charge in [0.1, 0.15) is 0 Å². The number of aldehydes is 1. The zero-order chi connectivity index (χ0) is 10.3. The van der Waals surface area contributed by atoms with Gasteiger partial charge in [-0.05, 0) is 12.1 Å². The molecule has 14 heavy (non-hydrogen) atoms. The van der Waals surface area contributed by atoms with Crippen LogP contribution in [0.15, 0.2) is 18.2 Å². The number of aromatic nitrogens is 1. The molecule has 0 unspecified atom stereocenters. The van der Waals surface area contributed by atoms with E-state index < -0.39 is 11.6 Å². The van der Waals surface area contributed by atoms with Crippen molar-refractivity contribution in [2.75, 3.05) is 0 Å². The van der Waals surface area contributed by atoms with Crippen molar-refractivity contribution < 1.29 is 13.6 Å². The van der Waals surface area contributed by atoms with Gasteiger partial charge < -0.3 is 4.57 Å². The second kappa shape index (κ2) is 2.90. The van der Waals surface area contributed by atoms with Gasteiger partial charge in [-0.15, -0.1) is 0 Å². The quantitative estimate of drug-likeness (QED) is 0.640. The van der Waals surface area contributed by atoms with Gasteiger partial charge in [0, 0.05) is 18.5 Å². The van der Waals surface area contributed by atoms with Gasteiger partial charge >= 0.3 is 0 Å². The van der Waals surface area contributed by atoms with Crippen LogP contribution >= 0.6 is 0 Å². The van der Waals surface area contributed by atoms with Crippen molar-refractivity contribution in [2.45, 2.75) is 0 Å². The lowest BCUT2D eigenvalue weighted by atomic mass is 10.2. The molecule has 0 spiro atoms. The van der Waals surface area contributed by atoms with E-state index in [4.69, 9.17) is 0 Å². The van der Waals surface area contributed by atoms with Crippen LogP contribution in [-0.4, -0.2) is 10.9 Å². The molecule has 1 heterocycles. The Morgan fingerprint density at radius 2 is 1.86 bits per heavy atom. The zero-order valence-electron chi connectivity index (χ0n) is 7.42. The van der Waals surface area contributed by atoms with E-state index in [9.17, 15) is 13.6 Å². The molecule has 0 atom stereocenters. The third kappa shape index (κ3) is 1.11. The van der Waals surface area contributed by atoms with E-state index in [-0.39, 0.29) is 0 Å². The molecule has 0 radical (unpaired) electrons. The highest BCUT2D eigenvalue weighted by Gasteiger charge is 2.09. The number of hydrogen-bond acceptors (Lipinski definition) is 1. The zero-order valence-corrected chi connectivity index (χ0v) is 7.42. The first-order valence-electron chi connectivity index (χ1n) is 4.03. The van der Waals surface area contributed by atoms with Gasteiger partial charge in [-0.25, -0.2) is 8.78 Å². The normalized spacial score (nSPS) is 10.8. The van der Waals surface area contributed by atoms with Crippen LogP contribution in [0.3, 0.4) is 0 Å².